The number of aromatic hydroxyl groups is 3. The molecule has 7 heteroatoms. The lowest BCUT2D eigenvalue weighted by Gasteiger charge is -2.31. The van der Waals surface area contributed by atoms with E-state index in [2.05, 4.69) is 4.90 Å². The van der Waals surface area contributed by atoms with Crippen molar-refractivity contribution in [2.75, 3.05) is 33.2 Å². The molecule has 0 spiro atoms. The molecule has 27 heavy (non-hydrogen) atoms. The molecular formula is C20H22N2O4S. The largest absolute Gasteiger partial charge is 0.508 e. The average Bonchev–Trinajstić information content (AvgIpc) is 2.64. The van der Waals surface area contributed by atoms with E-state index in [1.807, 2.05) is 11.9 Å². The summed E-state index contributed by atoms with van der Waals surface area (Å²) in [7, 11) is 2.04. The fraction of sp³-hybridized carbons (Fsp3) is 0.250. The molecule has 0 saturated carbocycles. The normalized spacial score (nSPS) is 15.4. The van der Waals surface area contributed by atoms with Crippen LogP contribution in [0.15, 0.2) is 52.3 Å². The van der Waals surface area contributed by atoms with Gasteiger partial charge in [0.1, 0.15) is 17.2 Å². The van der Waals surface area contributed by atoms with Gasteiger partial charge in [0.2, 0.25) is 5.91 Å². The Morgan fingerprint density at radius 2 is 1.59 bits per heavy atom. The molecule has 1 fully saturated rings. The third-order valence-corrected chi connectivity index (χ3v) is 5.51. The molecule has 0 atom stereocenters. The Bertz CT molecular complexity index is 861. The van der Waals surface area contributed by atoms with Gasteiger partial charge in [-0.1, -0.05) is 17.8 Å². The standard InChI is InChI=1S/C20H22N2O4S/c1-21-8-10-22(11-9-21)20(26)7-3-14-2-5-18(16(24)12-14)27-19-6-4-15(23)13-17(19)25/h2-7,12-13,23-25H,8-11H2,1H3/b7-3+. The first kappa shape index (κ1) is 19.1. The van der Waals surface area contributed by atoms with E-state index in [9.17, 15) is 20.1 Å². The first-order valence-electron chi connectivity index (χ1n) is 8.61. The summed E-state index contributed by atoms with van der Waals surface area (Å²) < 4.78 is 0. The van der Waals surface area contributed by atoms with E-state index in [0.29, 0.717) is 15.4 Å². The van der Waals surface area contributed by atoms with Crippen molar-refractivity contribution in [1.82, 2.24) is 9.80 Å². The summed E-state index contributed by atoms with van der Waals surface area (Å²) >= 11 is 1.19. The van der Waals surface area contributed by atoms with Gasteiger partial charge in [0.05, 0.1) is 9.79 Å². The molecule has 0 aliphatic carbocycles. The fourth-order valence-electron chi connectivity index (χ4n) is 2.73. The van der Waals surface area contributed by atoms with Crippen molar-refractivity contribution >= 4 is 23.7 Å². The zero-order chi connectivity index (χ0) is 19.4. The van der Waals surface area contributed by atoms with Crippen LogP contribution in [-0.2, 0) is 4.79 Å². The topological polar surface area (TPSA) is 84.2 Å². The van der Waals surface area contributed by atoms with Gasteiger partial charge in [0.15, 0.2) is 0 Å². The molecule has 1 aliphatic rings. The Balaban J connectivity index is 1.66. The van der Waals surface area contributed by atoms with Gasteiger partial charge in [0, 0.05) is 38.3 Å². The molecule has 2 aromatic rings. The molecule has 0 aromatic heterocycles. The third kappa shape index (κ3) is 4.96. The average molecular weight is 386 g/mol. The minimum absolute atomic E-state index is 0.0217. The minimum atomic E-state index is -0.0545. The zero-order valence-electron chi connectivity index (χ0n) is 15.0. The molecule has 142 valence electrons. The van der Waals surface area contributed by atoms with E-state index in [-0.39, 0.29) is 23.2 Å². The number of carbonyl (C=O) groups excluding carboxylic acids is 1. The molecule has 0 bridgehead atoms. The van der Waals surface area contributed by atoms with Gasteiger partial charge >= 0.3 is 0 Å². The van der Waals surface area contributed by atoms with Crippen molar-refractivity contribution in [3.05, 3.63) is 48.0 Å². The molecule has 0 unspecified atom stereocenters. The van der Waals surface area contributed by atoms with Crippen LogP contribution >= 0.6 is 11.8 Å². The summed E-state index contributed by atoms with van der Waals surface area (Å²) in [6.45, 7) is 3.18. The van der Waals surface area contributed by atoms with Crippen LogP contribution < -0.4 is 0 Å². The minimum Gasteiger partial charge on any atom is -0.508 e. The van der Waals surface area contributed by atoms with Crippen molar-refractivity contribution in [3.63, 3.8) is 0 Å². The van der Waals surface area contributed by atoms with Gasteiger partial charge in [-0.25, -0.2) is 0 Å². The number of carbonyl (C=O) groups is 1. The third-order valence-electron chi connectivity index (χ3n) is 4.38. The van der Waals surface area contributed by atoms with Gasteiger partial charge in [-0.2, -0.15) is 0 Å². The second-order valence-corrected chi connectivity index (χ2v) is 7.53. The summed E-state index contributed by atoms with van der Waals surface area (Å²) in [5.74, 6) is -0.0514. The van der Waals surface area contributed by atoms with Crippen LogP contribution in [0.1, 0.15) is 5.56 Å². The summed E-state index contributed by atoms with van der Waals surface area (Å²) in [5, 5.41) is 29.5. The fourth-order valence-corrected chi connectivity index (χ4v) is 3.57. The van der Waals surface area contributed by atoms with Gasteiger partial charge in [0.25, 0.3) is 0 Å². The highest BCUT2D eigenvalue weighted by atomic mass is 32.2. The maximum absolute atomic E-state index is 12.2. The first-order chi connectivity index (χ1) is 12.9. The SMILES string of the molecule is CN1CCN(C(=O)/C=C/c2ccc(Sc3ccc(O)cc3O)c(O)c2)CC1. The highest BCUT2D eigenvalue weighted by Crippen LogP contribution is 2.40. The number of rotatable bonds is 4. The molecule has 3 N–H and O–H groups in total. The predicted octanol–water partition coefficient (Wildman–Crippen LogP) is 2.74. The van der Waals surface area contributed by atoms with Crippen LogP contribution in [0, 0.1) is 0 Å². The summed E-state index contributed by atoms with van der Waals surface area (Å²) in [5.41, 5.74) is 0.717. The Morgan fingerprint density at radius 1 is 0.963 bits per heavy atom. The lowest BCUT2D eigenvalue weighted by Crippen LogP contribution is -2.46. The summed E-state index contributed by atoms with van der Waals surface area (Å²) in [4.78, 5) is 17.3. The van der Waals surface area contributed by atoms with E-state index < -0.39 is 0 Å². The number of nitrogens with zero attached hydrogens (tertiary/aromatic N) is 2. The van der Waals surface area contributed by atoms with Crippen LogP contribution in [0.3, 0.4) is 0 Å². The monoisotopic (exact) mass is 386 g/mol. The van der Waals surface area contributed by atoms with E-state index >= 15 is 0 Å². The first-order valence-corrected chi connectivity index (χ1v) is 9.42. The lowest BCUT2D eigenvalue weighted by atomic mass is 10.2. The Labute approximate surface area is 162 Å². The van der Waals surface area contributed by atoms with E-state index in [1.165, 1.54) is 30.0 Å². The lowest BCUT2D eigenvalue weighted by molar-refractivity contribution is -0.127. The van der Waals surface area contributed by atoms with Crippen molar-refractivity contribution < 1.29 is 20.1 Å². The van der Waals surface area contributed by atoms with E-state index in [0.717, 1.165) is 26.2 Å². The molecule has 1 aliphatic heterocycles. The van der Waals surface area contributed by atoms with E-state index in [1.54, 1.807) is 30.3 Å². The second-order valence-electron chi connectivity index (χ2n) is 6.44. The Morgan fingerprint density at radius 3 is 2.22 bits per heavy atom. The number of piperazine rings is 1. The molecule has 1 amide bonds. The number of hydrogen-bond acceptors (Lipinski definition) is 6. The Hall–Kier alpha value is -2.64. The molecule has 3 rings (SSSR count). The molecule has 1 heterocycles. The van der Waals surface area contributed by atoms with Gasteiger partial charge in [-0.05, 0) is 43.0 Å². The number of amides is 1. The number of phenols is 3. The van der Waals surface area contributed by atoms with Gasteiger partial charge in [-0.3, -0.25) is 4.79 Å². The van der Waals surface area contributed by atoms with Crippen LogP contribution in [0.5, 0.6) is 17.2 Å². The zero-order valence-corrected chi connectivity index (χ0v) is 15.8. The van der Waals surface area contributed by atoms with Crippen LogP contribution in [-0.4, -0.2) is 64.3 Å². The molecular weight excluding hydrogens is 364 g/mol. The number of hydrogen-bond donors (Lipinski definition) is 3. The quantitative estimate of drug-likeness (QED) is 0.701. The molecule has 0 radical (unpaired) electrons. The van der Waals surface area contributed by atoms with Crippen LogP contribution in [0.25, 0.3) is 6.08 Å². The number of likely N-dealkylation sites (N-methyl/N-ethyl adjacent to an activating group) is 1. The smallest absolute Gasteiger partial charge is 0.246 e. The van der Waals surface area contributed by atoms with Crippen LogP contribution in [0.4, 0.5) is 0 Å². The number of phenolic OH excluding ortho intramolecular Hbond substituents is 3. The maximum atomic E-state index is 12.2. The maximum Gasteiger partial charge on any atom is 0.246 e. The van der Waals surface area contributed by atoms with Crippen molar-refractivity contribution in [2.45, 2.75) is 9.79 Å². The summed E-state index contributed by atoms with van der Waals surface area (Å²) in [6.07, 6.45) is 3.21. The van der Waals surface area contributed by atoms with Crippen molar-refractivity contribution in [2.24, 2.45) is 0 Å². The van der Waals surface area contributed by atoms with Crippen LogP contribution in [0.2, 0.25) is 0 Å². The highest BCUT2D eigenvalue weighted by Gasteiger charge is 2.16. The second kappa shape index (κ2) is 8.37. The molecule has 6 nitrogen and oxygen atoms in total. The summed E-state index contributed by atoms with van der Waals surface area (Å²) in [6, 6.07) is 9.41. The highest BCUT2D eigenvalue weighted by molar-refractivity contribution is 7.99. The Kier molecular flexibility index (Phi) is 5.93. The molecule has 2 aromatic carbocycles. The van der Waals surface area contributed by atoms with Crippen molar-refractivity contribution in [3.8, 4) is 17.2 Å². The van der Waals surface area contributed by atoms with E-state index in [4.69, 9.17) is 0 Å². The van der Waals surface area contributed by atoms with Gasteiger partial charge < -0.3 is 25.1 Å². The predicted molar refractivity (Wildman–Crippen MR) is 105 cm³/mol. The van der Waals surface area contributed by atoms with Crippen molar-refractivity contribution in [1.29, 1.82) is 0 Å². The molecule has 1 saturated heterocycles. The number of benzene rings is 2. The van der Waals surface area contributed by atoms with Gasteiger partial charge in [-0.15, -0.1) is 0 Å².